The third-order valence-corrected chi connectivity index (χ3v) is 2.79. The number of ether oxygens (including phenoxy) is 1. The second-order valence-electron chi connectivity index (χ2n) is 4.93. The molecule has 1 rings (SSSR count). The van der Waals surface area contributed by atoms with Crippen molar-refractivity contribution in [2.24, 2.45) is 0 Å². The molecular formula is C15H24FNO. The molecule has 0 atom stereocenters. The van der Waals surface area contributed by atoms with Crippen LogP contribution in [0.2, 0.25) is 0 Å². The summed E-state index contributed by atoms with van der Waals surface area (Å²) in [5, 5.41) is 3.38. The zero-order chi connectivity index (χ0) is 13.4. The van der Waals surface area contributed by atoms with Gasteiger partial charge in [0.2, 0.25) is 0 Å². The highest BCUT2D eigenvalue weighted by atomic mass is 19.1. The number of hydrogen-bond donors (Lipinski definition) is 1. The van der Waals surface area contributed by atoms with Gasteiger partial charge in [0.05, 0.1) is 6.61 Å². The van der Waals surface area contributed by atoms with E-state index in [0.717, 1.165) is 25.8 Å². The first kappa shape index (κ1) is 15.0. The molecule has 0 aliphatic rings. The average molecular weight is 253 g/mol. The van der Waals surface area contributed by atoms with Gasteiger partial charge in [-0.3, -0.25) is 0 Å². The van der Waals surface area contributed by atoms with Crippen LogP contribution >= 0.6 is 0 Å². The van der Waals surface area contributed by atoms with E-state index in [-0.39, 0.29) is 5.82 Å². The lowest BCUT2D eigenvalue weighted by atomic mass is 10.2. The van der Waals surface area contributed by atoms with E-state index < -0.39 is 0 Å². The Balaban J connectivity index is 2.09. The van der Waals surface area contributed by atoms with Crippen LogP contribution in [0.1, 0.15) is 38.7 Å². The Morgan fingerprint density at radius 1 is 1.22 bits per heavy atom. The molecule has 0 fully saturated rings. The topological polar surface area (TPSA) is 21.3 Å². The maximum atomic E-state index is 13.2. The third-order valence-electron chi connectivity index (χ3n) is 2.79. The summed E-state index contributed by atoms with van der Waals surface area (Å²) in [6.07, 6.45) is 3.30. The maximum Gasteiger partial charge on any atom is 0.129 e. The lowest BCUT2D eigenvalue weighted by molar-refractivity contribution is 0.303. The molecule has 3 heteroatoms. The van der Waals surface area contributed by atoms with Crippen molar-refractivity contribution in [2.45, 2.75) is 46.1 Å². The molecular weight excluding hydrogens is 229 g/mol. The van der Waals surface area contributed by atoms with Crippen LogP contribution in [0, 0.1) is 12.7 Å². The van der Waals surface area contributed by atoms with Crippen LogP contribution in [0.15, 0.2) is 18.2 Å². The van der Waals surface area contributed by atoms with Gasteiger partial charge in [0.15, 0.2) is 0 Å². The van der Waals surface area contributed by atoms with Gasteiger partial charge in [-0.05, 0) is 44.4 Å². The normalized spacial score (nSPS) is 10.9. The molecule has 1 aromatic carbocycles. The number of aryl methyl sites for hydroxylation is 1. The molecule has 0 aliphatic carbocycles. The third kappa shape index (κ3) is 6.01. The lowest BCUT2D eigenvalue weighted by Crippen LogP contribution is -2.23. The molecule has 102 valence electrons. The van der Waals surface area contributed by atoms with E-state index in [9.17, 15) is 4.39 Å². The van der Waals surface area contributed by atoms with E-state index in [4.69, 9.17) is 4.74 Å². The Kier molecular flexibility index (Phi) is 6.73. The smallest absolute Gasteiger partial charge is 0.129 e. The standard InChI is InChI=1S/C15H24FNO/c1-12(2)17-9-5-4-6-10-18-14-8-7-13(3)15(16)11-14/h7-8,11-12,17H,4-6,9-10H2,1-3H3. The zero-order valence-electron chi connectivity index (χ0n) is 11.6. The van der Waals surface area contributed by atoms with Crippen molar-refractivity contribution >= 4 is 0 Å². The minimum absolute atomic E-state index is 0.200. The summed E-state index contributed by atoms with van der Waals surface area (Å²) >= 11 is 0. The summed E-state index contributed by atoms with van der Waals surface area (Å²) in [6.45, 7) is 7.76. The van der Waals surface area contributed by atoms with Crippen molar-refractivity contribution in [3.05, 3.63) is 29.6 Å². The predicted octanol–water partition coefficient (Wildman–Crippen LogP) is 3.68. The van der Waals surface area contributed by atoms with Gasteiger partial charge in [-0.1, -0.05) is 19.9 Å². The highest BCUT2D eigenvalue weighted by Crippen LogP contribution is 2.16. The first-order valence-corrected chi connectivity index (χ1v) is 6.72. The Hall–Kier alpha value is -1.09. The van der Waals surface area contributed by atoms with E-state index in [1.807, 2.05) is 6.07 Å². The molecule has 0 unspecified atom stereocenters. The first-order chi connectivity index (χ1) is 8.59. The van der Waals surface area contributed by atoms with Gasteiger partial charge in [0.1, 0.15) is 11.6 Å². The average Bonchev–Trinajstić information content (AvgIpc) is 2.32. The Labute approximate surface area is 110 Å². The largest absolute Gasteiger partial charge is 0.493 e. The summed E-state index contributed by atoms with van der Waals surface area (Å²) in [4.78, 5) is 0. The molecule has 0 amide bonds. The van der Waals surface area contributed by atoms with Gasteiger partial charge >= 0.3 is 0 Å². The Morgan fingerprint density at radius 2 is 2.00 bits per heavy atom. The lowest BCUT2D eigenvalue weighted by Gasteiger charge is -2.09. The molecule has 0 spiro atoms. The number of benzene rings is 1. The second kappa shape index (κ2) is 8.09. The van der Waals surface area contributed by atoms with Gasteiger partial charge in [0, 0.05) is 12.1 Å². The highest BCUT2D eigenvalue weighted by Gasteiger charge is 2.00. The molecule has 0 saturated carbocycles. The summed E-state index contributed by atoms with van der Waals surface area (Å²) in [6, 6.07) is 5.57. The van der Waals surface area contributed by atoms with Crippen LogP contribution in [0.5, 0.6) is 5.75 Å². The van der Waals surface area contributed by atoms with Crippen molar-refractivity contribution in [1.29, 1.82) is 0 Å². The molecule has 0 heterocycles. The number of unbranched alkanes of at least 4 members (excludes halogenated alkanes) is 2. The van der Waals surface area contributed by atoms with Crippen molar-refractivity contribution in [3.63, 3.8) is 0 Å². The van der Waals surface area contributed by atoms with Crippen molar-refractivity contribution in [1.82, 2.24) is 5.32 Å². The van der Waals surface area contributed by atoms with Crippen LogP contribution in [0.4, 0.5) is 4.39 Å². The number of hydrogen-bond acceptors (Lipinski definition) is 2. The number of rotatable bonds is 8. The van der Waals surface area contributed by atoms with E-state index in [1.165, 1.54) is 6.07 Å². The molecule has 0 bridgehead atoms. The van der Waals surface area contributed by atoms with Crippen LogP contribution in [0.25, 0.3) is 0 Å². The van der Waals surface area contributed by atoms with Crippen LogP contribution in [-0.4, -0.2) is 19.2 Å². The second-order valence-corrected chi connectivity index (χ2v) is 4.93. The molecule has 1 N–H and O–H groups in total. The quantitative estimate of drug-likeness (QED) is 0.714. The fraction of sp³-hybridized carbons (Fsp3) is 0.600. The summed E-state index contributed by atoms with van der Waals surface area (Å²) < 4.78 is 18.8. The monoisotopic (exact) mass is 253 g/mol. The zero-order valence-corrected chi connectivity index (χ0v) is 11.6. The maximum absolute atomic E-state index is 13.2. The van der Waals surface area contributed by atoms with Crippen LogP contribution < -0.4 is 10.1 Å². The summed E-state index contributed by atoms with van der Waals surface area (Å²) in [5.74, 6) is 0.423. The fourth-order valence-electron chi connectivity index (χ4n) is 1.65. The highest BCUT2D eigenvalue weighted by molar-refractivity contribution is 5.27. The molecule has 0 aliphatic heterocycles. The minimum atomic E-state index is -0.200. The van der Waals surface area contributed by atoms with Crippen LogP contribution in [0.3, 0.4) is 0 Å². The minimum Gasteiger partial charge on any atom is -0.493 e. The number of nitrogens with one attached hydrogen (secondary N) is 1. The van der Waals surface area contributed by atoms with Crippen LogP contribution in [-0.2, 0) is 0 Å². The van der Waals surface area contributed by atoms with Gasteiger partial charge in [-0.2, -0.15) is 0 Å². The summed E-state index contributed by atoms with van der Waals surface area (Å²) in [5.41, 5.74) is 0.655. The van der Waals surface area contributed by atoms with E-state index in [2.05, 4.69) is 19.2 Å². The molecule has 18 heavy (non-hydrogen) atoms. The van der Waals surface area contributed by atoms with E-state index in [0.29, 0.717) is 24.0 Å². The predicted molar refractivity (Wildman–Crippen MR) is 73.6 cm³/mol. The van der Waals surface area contributed by atoms with Gasteiger partial charge in [-0.25, -0.2) is 4.39 Å². The van der Waals surface area contributed by atoms with Gasteiger partial charge in [0.25, 0.3) is 0 Å². The van der Waals surface area contributed by atoms with E-state index in [1.54, 1.807) is 13.0 Å². The SMILES string of the molecule is Cc1ccc(OCCCCCNC(C)C)cc1F. The van der Waals surface area contributed by atoms with Gasteiger partial charge < -0.3 is 10.1 Å². The van der Waals surface area contributed by atoms with Crippen molar-refractivity contribution in [3.8, 4) is 5.75 Å². The molecule has 0 aromatic heterocycles. The fourth-order valence-corrected chi connectivity index (χ4v) is 1.65. The van der Waals surface area contributed by atoms with E-state index >= 15 is 0 Å². The molecule has 2 nitrogen and oxygen atoms in total. The number of halogens is 1. The Morgan fingerprint density at radius 3 is 2.67 bits per heavy atom. The Bertz CT molecular complexity index is 352. The van der Waals surface area contributed by atoms with Crippen molar-refractivity contribution in [2.75, 3.05) is 13.2 Å². The molecule has 1 aromatic rings. The molecule has 0 radical (unpaired) electrons. The first-order valence-electron chi connectivity index (χ1n) is 6.72. The van der Waals surface area contributed by atoms with Crippen molar-refractivity contribution < 1.29 is 9.13 Å². The van der Waals surface area contributed by atoms with Gasteiger partial charge in [-0.15, -0.1) is 0 Å². The molecule has 0 saturated heterocycles. The summed E-state index contributed by atoms with van der Waals surface area (Å²) in [7, 11) is 0.